The molecule has 0 bridgehead atoms. The molecule has 9 nitrogen and oxygen atoms in total. The number of hydrogen-bond acceptors (Lipinski definition) is 7. The van der Waals surface area contributed by atoms with E-state index in [1.165, 1.54) is 16.2 Å². The predicted molar refractivity (Wildman–Crippen MR) is 141 cm³/mol. The molecular weight excluding hydrogens is 531 g/mol. The molecule has 2 aromatic heterocycles. The minimum atomic E-state index is -3.44. The van der Waals surface area contributed by atoms with Crippen LogP contribution in [0.3, 0.4) is 0 Å². The summed E-state index contributed by atoms with van der Waals surface area (Å²) in [4.78, 5) is 1.21. The number of benzene rings is 2. The van der Waals surface area contributed by atoms with Crippen LogP contribution in [0.25, 0.3) is 5.69 Å². The number of nitrogens with zero attached hydrogens (tertiary/aromatic N) is 4. The van der Waals surface area contributed by atoms with Gasteiger partial charge in [0, 0.05) is 5.69 Å². The van der Waals surface area contributed by atoms with E-state index in [0.717, 1.165) is 5.69 Å². The standard InChI is InChI=1S/C25H25N5O4S3/c31-37(32,23-11-6-16-36-23)28-14-12-27(13-15-28)18-29-25(35)30(19-7-2-1-3-8-19)24(26-29)22-17-33-20-9-4-5-10-21(20)34-22/h1-11,16,22H,12-15,17-18H2/p+1/t22-/m0/s1. The number of fused-ring (bicyclic) bond motifs is 1. The van der Waals surface area contributed by atoms with E-state index in [1.54, 1.807) is 21.8 Å². The molecule has 4 heterocycles. The quantitative estimate of drug-likeness (QED) is 0.368. The van der Waals surface area contributed by atoms with Crippen LogP contribution in [0.4, 0.5) is 0 Å². The number of hydrogen-bond donors (Lipinski definition) is 1. The first kappa shape index (κ1) is 24.3. The second-order valence-corrected chi connectivity index (χ2v) is 12.4. The van der Waals surface area contributed by atoms with Crippen LogP contribution in [0, 0.1) is 4.77 Å². The van der Waals surface area contributed by atoms with Crippen molar-refractivity contribution in [1.82, 2.24) is 18.7 Å². The van der Waals surface area contributed by atoms with E-state index in [4.69, 9.17) is 26.8 Å². The molecule has 1 saturated heterocycles. The Morgan fingerprint density at radius 1 is 1.00 bits per heavy atom. The van der Waals surface area contributed by atoms with Crippen LogP contribution in [-0.4, -0.2) is 59.9 Å². The number of sulfonamides is 1. The van der Waals surface area contributed by atoms with Gasteiger partial charge < -0.3 is 14.4 Å². The molecule has 1 atom stereocenters. The van der Waals surface area contributed by atoms with Gasteiger partial charge in [-0.3, -0.25) is 4.57 Å². The molecule has 12 heteroatoms. The summed E-state index contributed by atoms with van der Waals surface area (Å²) in [5, 5.41) is 6.69. The zero-order chi connectivity index (χ0) is 25.4. The van der Waals surface area contributed by atoms with Crippen molar-refractivity contribution in [3.63, 3.8) is 0 Å². The SMILES string of the molecule is O=S(=O)(c1cccs1)N1CC[NH+](Cn2nc([C@@H]3COc4ccccc4O3)n(-c3ccccc3)c2=S)CC1. The first-order valence-electron chi connectivity index (χ1n) is 12.0. The topological polar surface area (TPSA) is 83.0 Å². The summed E-state index contributed by atoms with van der Waals surface area (Å²) < 4.78 is 44.3. The fraction of sp³-hybridized carbons (Fsp3) is 0.280. The molecule has 2 aliphatic heterocycles. The average molecular weight is 557 g/mol. The molecule has 2 aromatic carbocycles. The lowest BCUT2D eigenvalue weighted by Crippen LogP contribution is -3.14. The Morgan fingerprint density at radius 2 is 1.73 bits per heavy atom. The zero-order valence-corrected chi connectivity index (χ0v) is 22.3. The summed E-state index contributed by atoms with van der Waals surface area (Å²) in [5.41, 5.74) is 0.901. The number of ether oxygens (including phenoxy) is 2. The predicted octanol–water partition coefficient (Wildman–Crippen LogP) is 2.52. The molecule has 0 amide bonds. The van der Waals surface area contributed by atoms with Crippen LogP contribution < -0.4 is 14.4 Å². The number of aromatic nitrogens is 3. The van der Waals surface area contributed by atoms with Gasteiger partial charge in [-0.1, -0.05) is 36.4 Å². The Hall–Kier alpha value is -3.03. The van der Waals surface area contributed by atoms with Crippen molar-refractivity contribution < 1.29 is 22.8 Å². The average Bonchev–Trinajstić information content (AvgIpc) is 3.59. The summed E-state index contributed by atoms with van der Waals surface area (Å²) in [7, 11) is -3.44. The summed E-state index contributed by atoms with van der Waals surface area (Å²) in [5.74, 6) is 2.05. The van der Waals surface area contributed by atoms with Crippen LogP contribution in [0.2, 0.25) is 0 Å². The lowest BCUT2D eigenvalue weighted by Gasteiger charge is -2.30. The van der Waals surface area contributed by atoms with Crippen molar-refractivity contribution >= 4 is 33.6 Å². The van der Waals surface area contributed by atoms with E-state index in [1.807, 2.05) is 63.8 Å². The first-order valence-corrected chi connectivity index (χ1v) is 14.7. The number of piperazine rings is 1. The summed E-state index contributed by atoms with van der Waals surface area (Å²) in [6.45, 7) is 3.08. The van der Waals surface area contributed by atoms with Crippen molar-refractivity contribution in [3.05, 3.63) is 82.7 Å². The van der Waals surface area contributed by atoms with Crippen molar-refractivity contribution in [2.45, 2.75) is 17.0 Å². The smallest absolute Gasteiger partial charge is 0.252 e. The number of nitrogens with one attached hydrogen (secondary N) is 1. The molecule has 2 aliphatic rings. The fourth-order valence-corrected chi connectivity index (χ4v) is 7.54. The summed E-state index contributed by atoms with van der Waals surface area (Å²) >= 11 is 7.15. The third kappa shape index (κ3) is 4.71. The second-order valence-electron chi connectivity index (χ2n) is 8.92. The number of quaternary nitrogens is 1. The largest absolute Gasteiger partial charge is 0.485 e. The van der Waals surface area contributed by atoms with Gasteiger partial charge >= 0.3 is 0 Å². The van der Waals surface area contributed by atoms with Crippen molar-refractivity contribution in [1.29, 1.82) is 0 Å². The van der Waals surface area contributed by atoms with E-state index in [9.17, 15) is 8.42 Å². The van der Waals surface area contributed by atoms with Crippen LogP contribution in [-0.2, 0) is 16.7 Å². The van der Waals surface area contributed by atoms with Gasteiger partial charge in [-0.25, -0.2) is 8.42 Å². The highest BCUT2D eigenvalue weighted by atomic mass is 32.2. The van der Waals surface area contributed by atoms with Gasteiger partial charge in [0.25, 0.3) is 10.0 Å². The first-order chi connectivity index (χ1) is 18.0. The molecule has 0 aliphatic carbocycles. The molecule has 0 saturated carbocycles. The third-order valence-electron chi connectivity index (χ3n) is 6.57. The van der Waals surface area contributed by atoms with E-state index in [0.29, 0.717) is 65.8 Å². The van der Waals surface area contributed by atoms with Gasteiger partial charge in [0.2, 0.25) is 4.77 Å². The van der Waals surface area contributed by atoms with Gasteiger partial charge in [0.1, 0.15) is 10.8 Å². The van der Waals surface area contributed by atoms with Crippen LogP contribution in [0.15, 0.2) is 76.3 Å². The molecule has 1 N–H and O–H groups in total. The number of thiophene rings is 1. The normalized spacial score (nSPS) is 18.6. The Morgan fingerprint density at radius 3 is 2.46 bits per heavy atom. The molecule has 1 fully saturated rings. The minimum absolute atomic E-state index is 0.321. The number of para-hydroxylation sites is 3. The second kappa shape index (κ2) is 10.0. The van der Waals surface area contributed by atoms with Gasteiger partial charge in [0.05, 0.1) is 26.2 Å². The van der Waals surface area contributed by atoms with E-state index in [-0.39, 0.29) is 0 Å². The molecule has 0 radical (unpaired) electrons. The van der Waals surface area contributed by atoms with Gasteiger partial charge in [-0.15, -0.1) is 16.4 Å². The maximum absolute atomic E-state index is 12.9. The Balaban J connectivity index is 1.25. The van der Waals surface area contributed by atoms with E-state index < -0.39 is 16.1 Å². The molecule has 6 rings (SSSR count). The Bertz CT molecular complexity index is 1540. The molecule has 37 heavy (non-hydrogen) atoms. The van der Waals surface area contributed by atoms with Gasteiger partial charge in [-0.2, -0.15) is 8.99 Å². The van der Waals surface area contributed by atoms with E-state index in [2.05, 4.69) is 0 Å². The Kier molecular flexibility index (Phi) is 6.59. The maximum Gasteiger partial charge on any atom is 0.252 e. The van der Waals surface area contributed by atoms with Crippen LogP contribution in [0.5, 0.6) is 11.5 Å². The number of rotatable bonds is 6. The molecular formula is C25H26N5O4S3+. The third-order valence-corrected chi connectivity index (χ3v) is 10.2. The van der Waals surface area contributed by atoms with E-state index >= 15 is 0 Å². The zero-order valence-electron chi connectivity index (χ0n) is 19.9. The van der Waals surface area contributed by atoms with Crippen molar-refractivity contribution in [3.8, 4) is 17.2 Å². The maximum atomic E-state index is 12.9. The summed E-state index contributed by atoms with van der Waals surface area (Å²) in [6.07, 6.45) is -0.430. The molecule has 0 unspecified atom stereocenters. The van der Waals surface area contributed by atoms with Crippen LogP contribution >= 0.6 is 23.6 Å². The molecule has 192 valence electrons. The molecule has 4 aromatic rings. The van der Waals surface area contributed by atoms with Gasteiger partial charge in [-0.05, 0) is 47.9 Å². The van der Waals surface area contributed by atoms with Crippen molar-refractivity contribution in [2.75, 3.05) is 32.8 Å². The fourth-order valence-electron chi connectivity index (χ4n) is 4.65. The van der Waals surface area contributed by atoms with Crippen molar-refractivity contribution in [2.24, 2.45) is 0 Å². The lowest BCUT2D eigenvalue weighted by molar-refractivity contribution is -0.926. The lowest BCUT2D eigenvalue weighted by atomic mass is 10.2. The Labute approximate surface area is 224 Å². The monoisotopic (exact) mass is 556 g/mol. The highest BCUT2D eigenvalue weighted by Crippen LogP contribution is 2.36. The summed E-state index contributed by atoms with van der Waals surface area (Å²) in [6, 6.07) is 20.9. The highest BCUT2D eigenvalue weighted by Gasteiger charge is 2.33. The van der Waals surface area contributed by atoms with Gasteiger partial charge in [0.15, 0.2) is 30.1 Å². The van der Waals surface area contributed by atoms with Crippen LogP contribution in [0.1, 0.15) is 11.9 Å². The molecule has 0 spiro atoms. The highest BCUT2D eigenvalue weighted by molar-refractivity contribution is 7.91. The minimum Gasteiger partial charge on any atom is -0.485 e.